The summed E-state index contributed by atoms with van der Waals surface area (Å²) in [6.45, 7) is 5.93. The summed E-state index contributed by atoms with van der Waals surface area (Å²) in [4.78, 5) is 0. The topological polar surface area (TPSA) is 0 Å². The second-order valence-electron chi connectivity index (χ2n) is 2.90. The largest absolute Gasteiger partial charge is 0.204 e. The molecule has 0 nitrogen and oxygen atoms in total. The van der Waals surface area contributed by atoms with Crippen LogP contribution in [0.5, 0.6) is 0 Å². The molecule has 1 aromatic carbocycles. The minimum Gasteiger partial charge on any atom is -0.204 e. The van der Waals surface area contributed by atoms with Crippen molar-refractivity contribution in [2.75, 3.05) is 0 Å². The van der Waals surface area contributed by atoms with E-state index in [-0.39, 0.29) is 5.56 Å². The van der Waals surface area contributed by atoms with Crippen molar-refractivity contribution < 1.29 is 13.2 Å². The van der Waals surface area contributed by atoms with E-state index in [1.807, 2.05) is 0 Å². The van der Waals surface area contributed by atoms with Gasteiger partial charge < -0.3 is 0 Å². The molecule has 0 heterocycles. The van der Waals surface area contributed by atoms with Crippen molar-refractivity contribution in [1.29, 1.82) is 0 Å². The van der Waals surface area contributed by atoms with E-state index in [2.05, 4.69) is 13.8 Å². The maximum atomic E-state index is 12.6. The van der Waals surface area contributed by atoms with Crippen LogP contribution in [0.25, 0.3) is 0 Å². The molecule has 0 spiro atoms. The molecule has 0 unspecified atom stereocenters. The van der Waals surface area contributed by atoms with Crippen molar-refractivity contribution in [2.45, 2.75) is 33.6 Å². The third-order valence-electron chi connectivity index (χ3n) is 1.50. The fourth-order valence-electron chi connectivity index (χ4n) is 0.839. The minimum atomic E-state index is -1.38. The highest BCUT2D eigenvalue weighted by Gasteiger charge is 2.10. The van der Waals surface area contributed by atoms with Crippen LogP contribution in [0.3, 0.4) is 0 Å². The third-order valence-corrected chi connectivity index (χ3v) is 1.50. The van der Waals surface area contributed by atoms with Crippen LogP contribution >= 0.6 is 0 Å². The molecule has 0 atom stereocenters. The van der Waals surface area contributed by atoms with Gasteiger partial charge >= 0.3 is 0 Å². The van der Waals surface area contributed by atoms with E-state index in [9.17, 15) is 13.2 Å². The molecule has 80 valence electrons. The smallest absolute Gasteiger partial charge is 0.194 e. The van der Waals surface area contributed by atoms with Gasteiger partial charge in [-0.05, 0) is 18.1 Å². The van der Waals surface area contributed by atoms with Crippen LogP contribution in [0.1, 0.15) is 32.8 Å². The SMILES string of the molecule is CCC.CCc1ccc(F)c(F)c1F. The molecule has 1 rings (SSSR count). The predicted octanol–water partition coefficient (Wildman–Crippen LogP) is 4.08. The Bertz CT molecular complexity index is 282. The molecular formula is C11H15F3. The van der Waals surface area contributed by atoms with Gasteiger partial charge in [-0.2, -0.15) is 0 Å². The molecule has 1 aromatic rings. The lowest BCUT2D eigenvalue weighted by Crippen LogP contribution is -1.95. The molecule has 0 bridgehead atoms. The van der Waals surface area contributed by atoms with E-state index in [0.717, 1.165) is 6.07 Å². The second-order valence-corrected chi connectivity index (χ2v) is 2.90. The molecule has 0 aliphatic heterocycles. The normalized spacial score (nSPS) is 9.29. The number of hydrogen-bond acceptors (Lipinski definition) is 0. The number of aryl methyl sites for hydroxylation is 1. The first kappa shape index (κ1) is 13.0. The van der Waals surface area contributed by atoms with E-state index in [0.29, 0.717) is 6.42 Å². The zero-order chi connectivity index (χ0) is 11.1. The Morgan fingerprint density at radius 3 is 1.86 bits per heavy atom. The Morgan fingerprint density at radius 2 is 1.43 bits per heavy atom. The first-order valence-electron chi connectivity index (χ1n) is 4.70. The second kappa shape index (κ2) is 6.46. The summed E-state index contributed by atoms with van der Waals surface area (Å²) in [7, 11) is 0. The molecule has 14 heavy (non-hydrogen) atoms. The Hall–Kier alpha value is -0.990. The molecule has 3 heteroatoms. The zero-order valence-corrected chi connectivity index (χ0v) is 8.70. The molecule has 0 amide bonds. The van der Waals surface area contributed by atoms with Gasteiger partial charge in [0.25, 0.3) is 0 Å². The lowest BCUT2D eigenvalue weighted by molar-refractivity contribution is 0.441. The highest BCUT2D eigenvalue weighted by atomic mass is 19.2. The van der Waals surface area contributed by atoms with Crippen LogP contribution in [0.4, 0.5) is 13.2 Å². The van der Waals surface area contributed by atoms with Crippen molar-refractivity contribution in [3.63, 3.8) is 0 Å². The summed E-state index contributed by atoms with van der Waals surface area (Å²) in [5.74, 6) is -3.60. The van der Waals surface area contributed by atoms with Crippen LogP contribution in [0.2, 0.25) is 0 Å². The molecule has 0 N–H and O–H groups in total. The fraction of sp³-hybridized carbons (Fsp3) is 0.455. The van der Waals surface area contributed by atoms with Gasteiger partial charge in [0.05, 0.1) is 0 Å². The monoisotopic (exact) mass is 204 g/mol. The molecule has 0 saturated heterocycles. The van der Waals surface area contributed by atoms with Gasteiger partial charge in [-0.15, -0.1) is 0 Å². The van der Waals surface area contributed by atoms with E-state index in [4.69, 9.17) is 0 Å². The number of benzene rings is 1. The van der Waals surface area contributed by atoms with Crippen LogP contribution in [0.15, 0.2) is 12.1 Å². The van der Waals surface area contributed by atoms with E-state index < -0.39 is 17.5 Å². The average molecular weight is 204 g/mol. The molecule has 0 aliphatic rings. The highest BCUT2D eigenvalue weighted by Crippen LogP contribution is 2.14. The van der Waals surface area contributed by atoms with Gasteiger partial charge in [0.2, 0.25) is 0 Å². The zero-order valence-electron chi connectivity index (χ0n) is 8.70. The first-order chi connectivity index (χ1) is 6.58. The highest BCUT2D eigenvalue weighted by molar-refractivity contribution is 5.19. The standard InChI is InChI=1S/C8H7F3.C3H8/c1-2-5-3-4-6(9)8(11)7(5)10;1-3-2/h3-4H,2H2,1H3;3H2,1-2H3. The van der Waals surface area contributed by atoms with Crippen molar-refractivity contribution in [1.82, 2.24) is 0 Å². The van der Waals surface area contributed by atoms with Crippen LogP contribution in [-0.2, 0) is 6.42 Å². The van der Waals surface area contributed by atoms with Gasteiger partial charge in [-0.3, -0.25) is 0 Å². The predicted molar refractivity (Wildman–Crippen MR) is 51.7 cm³/mol. The van der Waals surface area contributed by atoms with Crippen molar-refractivity contribution >= 4 is 0 Å². The minimum absolute atomic E-state index is 0.198. The Morgan fingerprint density at radius 1 is 0.929 bits per heavy atom. The molecule has 0 radical (unpaired) electrons. The summed E-state index contributed by atoms with van der Waals surface area (Å²) in [6, 6.07) is 2.17. The third kappa shape index (κ3) is 3.40. The molecule has 0 aromatic heterocycles. The van der Waals surface area contributed by atoms with E-state index in [1.165, 1.54) is 12.5 Å². The molecule has 0 aliphatic carbocycles. The van der Waals surface area contributed by atoms with Gasteiger partial charge in [-0.1, -0.05) is 33.3 Å². The van der Waals surface area contributed by atoms with Crippen LogP contribution < -0.4 is 0 Å². The summed E-state index contributed by atoms with van der Waals surface area (Å²) in [5.41, 5.74) is 0.198. The summed E-state index contributed by atoms with van der Waals surface area (Å²) in [5, 5.41) is 0. The van der Waals surface area contributed by atoms with Crippen LogP contribution in [0, 0.1) is 17.5 Å². The summed E-state index contributed by atoms with van der Waals surface area (Å²) < 4.78 is 37.4. The lowest BCUT2D eigenvalue weighted by atomic mass is 10.1. The van der Waals surface area contributed by atoms with Gasteiger partial charge in [0, 0.05) is 0 Å². The van der Waals surface area contributed by atoms with E-state index in [1.54, 1.807) is 6.92 Å². The summed E-state index contributed by atoms with van der Waals surface area (Å²) >= 11 is 0. The van der Waals surface area contributed by atoms with Crippen molar-refractivity contribution in [2.24, 2.45) is 0 Å². The Kier molecular flexibility index (Phi) is 6.00. The number of rotatable bonds is 1. The maximum Gasteiger partial charge on any atom is 0.194 e. The van der Waals surface area contributed by atoms with Crippen LogP contribution in [-0.4, -0.2) is 0 Å². The number of halogens is 3. The van der Waals surface area contributed by atoms with Crippen molar-refractivity contribution in [3.05, 3.63) is 35.1 Å². The van der Waals surface area contributed by atoms with Gasteiger partial charge in [0.15, 0.2) is 17.5 Å². The average Bonchev–Trinajstić information content (AvgIpc) is 2.16. The van der Waals surface area contributed by atoms with Gasteiger partial charge in [0.1, 0.15) is 0 Å². The van der Waals surface area contributed by atoms with E-state index >= 15 is 0 Å². The first-order valence-corrected chi connectivity index (χ1v) is 4.70. The Labute approximate surface area is 82.8 Å². The van der Waals surface area contributed by atoms with Crippen molar-refractivity contribution in [3.8, 4) is 0 Å². The maximum absolute atomic E-state index is 12.6. The lowest BCUT2D eigenvalue weighted by Gasteiger charge is -1.99. The Balaban J connectivity index is 0.000000500. The molecular weight excluding hydrogens is 189 g/mol. The fourth-order valence-corrected chi connectivity index (χ4v) is 0.839. The number of hydrogen-bond donors (Lipinski definition) is 0. The summed E-state index contributed by atoms with van der Waals surface area (Å²) in [6.07, 6.45) is 1.61. The molecule has 0 fully saturated rings. The van der Waals surface area contributed by atoms with Gasteiger partial charge in [-0.25, -0.2) is 13.2 Å². The quantitative estimate of drug-likeness (QED) is 0.604. The molecule has 0 saturated carbocycles.